The number of anilines is 2. The van der Waals surface area contributed by atoms with Crippen molar-refractivity contribution in [2.75, 3.05) is 23.3 Å². The molecule has 1 atom stereocenters. The van der Waals surface area contributed by atoms with Crippen molar-refractivity contribution in [3.8, 4) is 0 Å². The van der Waals surface area contributed by atoms with Crippen molar-refractivity contribution in [3.63, 3.8) is 0 Å². The summed E-state index contributed by atoms with van der Waals surface area (Å²) in [5.74, 6) is -0.403. The Bertz CT molecular complexity index is 861. The van der Waals surface area contributed by atoms with Gasteiger partial charge in [-0.1, -0.05) is 18.2 Å². The third-order valence-corrected chi connectivity index (χ3v) is 6.19. The maximum atomic E-state index is 12.4. The fourth-order valence-electron chi connectivity index (χ4n) is 3.11. The number of amides is 1. The Labute approximate surface area is 160 Å². The molecule has 144 valence electrons. The van der Waals surface area contributed by atoms with E-state index in [9.17, 15) is 13.2 Å². The molecule has 1 unspecified atom stereocenters. The Morgan fingerprint density at radius 2 is 1.59 bits per heavy atom. The second-order valence-corrected chi connectivity index (χ2v) is 8.45. The van der Waals surface area contributed by atoms with Crippen LogP contribution in [0.4, 0.5) is 11.4 Å². The standard InChI is InChI=1S/C20H25N3O3S/c1-16(22-27(25,26)19-8-4-2-5-9-19)20(24)21-17-10-12-18(13-11-17)23-14-6-3-7-15-23/h2,4-5,8-13,16,22H,3,6-7,14-15H2,1H3,(H,21,24). The first kappa shape index (κ1) is 19.4. The molecule has 0 bridgehead atoms. The molecule has 0 aromatic heterocycles. The van der Waals surface area contributed by atoms with E-state index in [1.807, 2.05) is 24.3 Å². The van der Waals surface area contributed by atoms with E-state index in [1.165, 1.54) is 38.3 Å². The molecule has 1 fully saturated rings. The van der Waals surface area contributed by atoms with Crippen LogP contribution in [0.25, 0.3) is 0 Å². The van der Waals surface area contributed by atoms with Crippen molar-refractivity contribution >= 4 is 27.3 Å². The summed E-state index contributed by atoms with van der Waals surface area (Å²) in [5.41, 5.74) is 1.79. The Hall–Kier alpha value is -2.38. The Balaban J connectivity index is 1.59. The second kappa shape index (κ2) is 8.54. The van der Waals surface area contributed by atoms with Gasteiger partial charge in [0.1, 0.15) is 0 Å². The highest BCUT2D eigenvalue weighted by Gasteiger charge is 2.22. The van der Waals surface area contributed by atoms with E-state index in [4.69, 9.17) is 0 Å². The van der Waals surface area contributed by atoms with E-state index in [0.717, 1.165) is 18.8 Å². The lowest BCUT2D eigenvalue weighted by atomic mass is 10.1. The molecule has 1 heterocycles. The molecule has 2 aromatic rings. The number of hydrogen-bond donors (Lipinski definition) is 2. The van der Waals surface area contributed by atoms with Crippen LogP contribution in [-0.4, -0.2) is 33.5 Å². The number of carbonyl (C=O) groups is 1. The number of nitrogens with zero attached hydrogens (tertiary/aromatic N) is 1. The van der Waals surface area contributed by atoms with Gasteiger partial charge in [-0.05, 0) is 62.6 Å². The van der Waals surface area contributed by atoms with Crippen LogP contribution >= 0.6 is 0 Å². The number of carbonyl (C=O) groups excluding carboxylic acids is 1. The van der Waals surface area contributed by atoms with Gasteiger partial charge in [-0.3, -0.25) is 4.79 Å². The molecule has 2 N–H and O–H groups in total. The molecule has 27 heavy (non-hydrogen) atoms. The molecule has 3 rings (SSSR count). The number of rotatable bonds is 6. The van der Waals surface area contributed by atoms with Gasteiger partial charge in [0.25, 0.3) is 0 Å². The number of piperidine rings is 1. The molecule has 1 saturated heterocycles. The fraction of sp³-hybridized carbons (Fsp3) is 0.350. The molecular weight excluding hydrogens is 362 g/mol. The van der Waals surface area contributed by atoms with Crippen LogP contribution in [0.15, 0.2) is 59.5 Å². The quantitative estimate of drug-likeness (QED) is 0.799. The predicted molar refractivity (Wildman–Crippen MR) is 107 cm³/mol. The molecule has 0 aliphatic carbocycles. The summed E-state index contributed by atoms with van der Waals surface area (Å²) in [4.78, 5) is 14.8. The molecule has 6 nitrogen and oxygen atoms in total. The van der Waals surface area contributed by atoms with Crippen LogP contribution in [-0.2, 0) is 14.8 Å². The normalized spacial score (nSPS) is 16.0. The van der Waals surface area contributed by atoms with Crippen LogP contribution in [0.2, 0.25) is 0 Å². The first-order chi connectivity index (χ1) is 13.0. The smallest absolute Gasteiger partial charge is 0.242 e. The van der Waals surface area contributed by atoms with Crippen LogP contribution in [0.5, 0.6) is 0 Å². The van der Waals surface area contributed by atoms with E-state index in [2.05, 4.69) is 14.9 Å². The summed E-state index contributed by atoms with van der Waals surface area (Å²) in [6.07, 6.45) is 3.69. The largest absolute Gasteiger partial charge is 0.372 e. The molecule has 0 saturated carbocycles. The predicted octanol–water partition coefficient (Wildman–Crippen LogP) is 2.98. The Morgan fingerprint density at radius 3 is 2.22 bits per heavy atom. The van der Waals surface area contributed by atoms with Crippen molar-refractivity contribution in [3.05, 3.63) is 54.6 Å². The molecule has 1 aliphatic rings. The highest BCUT2D eigenvalue weighted by atomic mass is 32.2. The summed E-state index contributed by atoms with van der Waals surface area (Å²) in [5, 5.41) is 2.76. The SMILES string of the molecule is CC(NS(=O)(=O)c1ccccc1)C(=O)Nc1ccc(N2CCCCC2)cc1. The topological polar surface area (TPSA) is 78.5 Å². The van der Waals surface area contributed by atoms with E-state index in [1.54, 1.807) is 18.2 Å². The van der Waals surface area contributed by atoms with Gasteiger partial charge in [-0.15, -0.1) is 0 Å². The Morgan fingerprint density at radius 1 is 0.963 bits per heavy atom. The van der Waals surface area contributed by atoms with Crippen molar-refractivity contribution in [1.29, 1.82) is 0 Å². The van der Waals surface area contributed by atoms with Crippen LogP contribution in [0, 0.1) is 0 Å². The number of nitrogens with one attached hydrogen (secondary N) is 2. The summed E-state index contributed by atoms with van der Waals surface area (Å²) >= 11 is 0. The minimum absolute atomic E-state index is 0.135. The molecule has 1 amide bonds. The molecule has 0 radical (unpaired) electrons. The van der Waals surface area contributed by atoms with Gasteiger partial charge in [0.15, 0.2) is 0 Å². The van der Waals surface area contributed by atoms with Gasteiger partial charge in [-0.25, -0.2) is 8.42 Å². The van der Waals surface area contributed by atoms with E-state index in [-0.39, 0.29) is 4.90 Å². The van der Waals surface area contributed by atoms with Gasteiger partial charge < -0.3 is 10.2 Å². The summed E-state index contributed by atoms with van der Waals surface area (Å²) in [6, 6.07) is 14.8. The second-order valence-electron chi connectivity index (χ2n) is 6.74. The average Bonchev–Trinajstić information content (AvgIpc) is 2.69. The third-order valence-electron chi connectivity index (χ3n) is 4.63. The van der Waals surface area contributed by atoms with Crippen molar-refractivity contribution in [2.24, 2.45) is 0 Å². The lowest BCUT2D eigenvalue weighted by Crippen LogP contribution is -2.41. The van der Waals surface area contributed by atoms with Crippen LogP contribution in [0.1, 0.15) is 26.2 Å². The van der Waals surface area contributed by atoms with Crippen molar-refractivity contribution in [1.82, 2.24) is 4.72 Å². The third kappa shape index (κ3) is 5.08. The Kier molecular flexibility index (Phi) is 6.13. The zero-order chi connectivity index (χ0) is 19.3. The van der Waals surface area contributed by atoms with Crippen LogP contribution < -0.4 is 14.9 Å². The summed E-state index contributed by atoms with van der Waals surface area (Å²) in [7, 11) is -3.74. The molecule has 1 aliphatic heterocycles. The van der Waals surface area contributed by atoms with Crippen molar-refractivity contribution in [2.45, 2.75) is 37.1 Å². The zero-order valence-electron chi connectivity index (χ0n) is 15.4. The van der Waals surface area contributed by atoms with Crippen LogP contribution in [0.3, 0.4) is 0 Å². The number of hydrogen-bond acceptors (Lipinski definition) is 4. The zero-order valence-corrected chi connectivity index (χ0v) is 16.2. The minimum atomic E-state index is -3.74. The summed E-state index contributed by atoms with van der Waals surface area (Å²) < 4.78 is 27.1. The lowest BCUT2D eigenvalue weighted by molar-refractivity contribution is -0.117. The van der Waals surface area contributed by atoms with Gasteiger partial charge in [0.2, 0.25) is 15.9 Å². The van der Waals surface area contributed by atoms with E-state index >= 15 is 0 Å². The monoisotopic (exact) mass is 387 g/mol. The first-order valence-electron chi connectivity index (χ1n) is 9.19. The molecule has 0 spiro atoms. The first-order valence-corrected chi connectivity index (χ1v) is 10.7. The average molecular weight is 388 g/mol. The molecule has 7 heteroatoms. The fourth-order valence-corrected chi connectivity index (χ4v) is 4.34. The molecular formula is C20H25N3O3S. The maximum Gasteiger partial charge on any atom is 0.242 e. The number of benzene rings is 2. The minimum Gasteiger partial charge on any atom is -0.372 e. The van der Waals surface area contributed by atoms with Gasteiger partial charge >= 0.3 is 0 Å². The lowest BCUT2D eigenvalue weighted by Gasteiger charge is -2.28. The van der Waals surface area contributed by atoms with Gasteiger partial charge in [0.05, 0.1) is 10.9 Å². The summed E-state index contributed by atoms with van der Waals surface area (Å²) in [6.45, 7) is 3.64. The maximum absolute atomic E-state index is 12.4. The van der Waals surface area contributed by atoms with E-state index in [0.29, 0.717) is 5.69 Å². The van der Waals surface area contributed by atoms with Gasteiger partial charge in [0, 0.05) is 24.5 Å². The highest BCUT2D eigenvalue weighted by molar-refractivity contribution is 7.89. The van der Waals surface area contributed by atoms with Gasteiger partial charge in [-0.2, -0.15) is 4.72 Å². The highest BCUT2D eigenvalue weighted by Crippen LogP contribution is 2.22. The van der Waals surface area contributed by atoms with Crippen molar-refractivity contribution < 1.29 is 13.2 Å². The molecule has 2 aromatic carbocycles. The van der Waals surface area contributed by atoms with E-state index < -0.39 is 22.0 Å². The number of sulfonamides is 1.